The zero-order valence-corrected chi connectivity index (χ0v) is 7.66. The van der Waals surface area contributed by atoms with Gasteiger partial charge in [-0.3, -0.25) is 4.79 Å². The van der Waals surface area contributed by atoms with E-state index in [0.29, 0.717) is 0 Å². The molecule has 0 fully saturated rings. The Morgan fingerprint density at radius 2 is 2.31 bits per heavy atom. The maximum atomic E-state index is 10.6. The van der Waals surface area contributed by atoms with E-state index in [0.717, 1.165) is 0 Å². The van der Waals surface area contributed by atoms with Crippen LogP contribution in [-0.4, -0.2) is 22.7 Å². The number of carbonyl (C=O) groups is 1. The van der Waals surface area contributed by atoms with E-state index in [1.807, 2.05) is 0 Å². The number of nitrogens with zero attached hydrogens (tertiary/aromatic N) is 1. The highest BCUT2D eigenvalue weighted by molar-refractivity contribution is 5.75. The van der Waals surface area contributed by atoms with E-state index in [1.54, 1.807) is 13.0 Å². The Balaban J connectivity index is 4.34. The normalized spacial score (nSPS) is 17.1. The molecule has 1 unspecified atom stereocenters. The summed E-state index contributed by atoms with van der Waals surface area (Å²) >= 11 is 0. The predicted molar refractivity (Wildman–Crippen MR) is 47.3 cm³/mol. The van der Waals surface area contributed by atoms with Crippen molar-refractivity contribution in [2.45, 2.75) is 37.8 Å². The highest BCUT2D eigenvalue weighted by Gasteiger charge is 2.30. The van der Waals surface area contributed by atoms with Gasteiger partial charge in [-0.1, -0.05) is 0 Å². The molecule has 5 N–H and O–H groups in total. The number of hydrogen-bond acceptors (Lipinski definition) is 4. The summed E-state index contributed by atoms with van der Waals surface area (Å²) in [6, 6.07) is 1.54. The number of nitrogens with two attached hydrogens (primary N) is 2. The largest absolute Gasteiger partial charge is 0.388 e. The van der Waals surface area contributed by atoms with Crippen molar-refractivity contribution in [1.29, 1.82) is 5.26 Å². The number of hydrogen-bond donors (Lipinski definition) is 3. The minimum absolute atomic E-state index is 0.128. The van der Waals surface area contributed by atoms with Crippen molar-refractivity contribution in [2.75, 3.05) is 0 Å². The minimum atomic E-state index is -1.37. The maximum Gasteiger partial charge on any atom is 0.220 e. The maximum absolute atomic E-state index is 10.6. The molecule has 5 nitrogen and oxygen atoms in total. The molecular formula is C8H15N3O2. The van der Waals surface area contributed by atoms with Crippen LogP contribution in [0.2, 0.25) is 0 Å². The Labute approximate surface area is 77.3 Å². The van der Waals surface area contributed by atoms with Gasteiger partial charge in [0.15, 0.2) is 0 Å². The van der Waals surface area contributed by atoms with Gasteiger partial charge >= 0.3 is 0 Å². The SMILES string of the molecule is CC(N)C[C@@](O)(CC#N)CC(N)=O. The molecule has 0 aliphatic heterocycles. The van der Waals surface area contributed by atoms with E-state index in [9.17, 15) is 9.90 Å². The molecule has 0 aliphatic rings. The van der Waals surface area contributed by atoms with E-state index < -0.39 is 11.5 Å². The fourth-order valence-electron chi connectivity index (χ4n) is 1.28. The average molecular weight is 185 g/mol. The van der Waals surface area contributed by atoms with Crippen molar-refractivity contribution in [3.8, 4) is 6.07 Å². The summed E-state index contributed by atoms with van der Waals surface area (Å²) in [7, 11) is 0. The van der Waals surface area contributed by atoms with Crippen LogP contribution in [0.1, 0.15) is 26.2 Å². The number of carbonyl (C=O) groups excluding carboxylic acids is 1. The Bertz CT molecular complexity index is 222. The molecule has 0 radical (unpaired) electrons. The van der Waals surface area contributed by atoms with Gasteiger partial charge in [-0.25, -0.2) is 0 Å². The number of rotatable bonds is 5. The number of nitriles is 1. The van der Waals surface area contributed by atoms with Crippen LogP contribution in [0.5, 0.6) is 0 Å². The molecule has 0 saturated heterocycles. The van der Waals surface area contributed by atoms with Gasteiger partial charge in [-0.15, -0.1) is 0 Å². The van der Waals surface area contributed by atoms with Gasteiger partial charge in [0.05, 0.1) is 24.5 Å². The summed E-state index contributed by atoms with van der Waals surface area (Å²) in [6.07, 6.45) is -0.150. The second-order valence-corrected chi connectivity index (χ2v) is 3.38. The third-order valence-corrected chi connectivity index (χ3v) is 1.61. The van der Waals surface area contributed by atoms with E-state index in [-0.39, 0.29) is 25.3 Å². The summed E-state index contributed by atoms with van der Waals surface area (Å²) < 4.78 is 0. The Kier molecular flexibility index (Phi) is 4.38. The van der Waals surface area contributed by atoms with Crippen LogP contribution in [0.15, 0.2) is 0 Å². The minimum Gasteiger partial charge on any atom is -0.388 e. The lowest BCUT2D eigenvalue weighted by atomic mass is 9.89. The third-order valence-electron chi connectivity index (χ3n) is 1.61. The van der Waals surface area contributed by atoms with Crippen molar-refractivity contribution >= 4 is 5.91 Å². The third kappa shape index (κ3) is 5.17. The topological polar surface area (TPSA) is 113 Å². The van der Waals surface area contributed by atoms with Crippen LogP contribution in [0.4, 0.5) is 0 Å². The van der Waals surface area contributed by atoms with Gasteiger partial charge < -0.3 is 16.6 Å². The molecular weight excluding hydrogens is 170 g/mol. The zero-order valence-electron chi connectivity index (χ0n) is 7.66. The number of primary amides is 1. The standard InChI is InChI=1S/C8H15N3O2/c1-6(10)4-8(13,2-3-9)5-7(11)12/h6,13H,2,4-5,10H2,1H3,(H2,11,12)/t6?,8-/m0/s1. The lowest BCUT2D eigenvalue weighted by Gasteiger charge is -2.25. The second kappa shape index (κ2) is 4.80. The van der Waals surface area contributed by atoms with Crippen LogP contribution in [0.25, 0.3) is 0 Å². The van der Waals surface area contributed by atoms with Crippen LogP contribution in [0.3, 0.4) is 0 Å². The van der Waals surface area contributed by atoms with Gasteiger partial charge in [0, 0.05) is 6.04 Å². The number of aliphatic hydroxyl groups is 1. The summed E-state index contributed by atoms with van der Waals surface area (Å²) in [5.74, 6) is -0.626. The molecule has 0 aromatic heterocycles. The van der Waals surface area contributed by atoms with Crippen molar-refractivity contribution in [3.05, 3.63) is 0 Å². The zero-order chi connectivity index (χ0) is 10.5. The van der Waals surface area contributed by atoms with E-state index >= 15 is 0 Å². The highest BCUT2D eigenvalue weighted by Crippen LogP contribution is 2.20. The fourth-order valence-corrected chi connectivity index (χ4v) is 1.28. The first-order valence-corrected chi connectivity index (χ1v) is 4.03. The molecule has 0 bridgehead atoms. The monoisotopic (exact) mass is 185 g/mol. The van der Waals surface area contributed by atoms with Crippen LogP contribution in [-0.2, 0) is 4.79 Å². The van der Waals surface area contributed by atoms with E-state index in [2.05, 4.69) is 0 Å². The molecule has 0 heterocycles. The Morgan fingerprint density at radius 1 is 1.77 bits per heavy atom. The molecule has 0 aliphatic carbocycles. The van der Waals surface area contributed by atoms with Gasteiger partial charge in [0.2, 0.25) is 5.91 Å². The average Bonchev–Trinajstić information content (AvgIpc) is 1.81. The first-order valence-electron chi connectivity index (χ1n) is 4.03. The van der Waals surface area contributed by atoms with Crippen molar-refractivity contribution in [1.82, 2.24) is 0 Å². The molecule has 0 aromatic rings. The number of amides is 1. The molecule has 2 atom stereocenters. The first-order chi connectivity index (χ1) is 5.89. The van der Waals surface area contributed by atoms with E-state index in [1.165, 1.54) is 0 Å². The summed E-state index contributed by atoms with van der Waals surface area (Å²) in [5.41, 5.74) is 9.03. The molecule has 13 heavy (non-hydrogen) atoms. The first kappa shape index (κ1) is 11.9. The Hall–Kier alpha value is -1.12. The molecule has 74 valence electrons. The second-order valence-electron chi connectivity index (χ2n) is 3.38. The molecule has 0 spiro atoms. The summed E-state index contributed by atoms with van der Waals surface area (Å²) in [5, 5.41) is 18.2. The molecule has 1 amide bonds. The molecule has 0 aromatic carbocycles. The van der Waals surface area contributed by atoms with Crippen LogP contribution in [0, 0.1) is 11.3 Å². The lowest BCUT2D eigenvalue weighted by molar-refractivity contribution is -0.123. The van der Waals surface area contributed by atoms with Gasteiger partial charge in [-0.05, 0) is 13.3 Å². The van der Waals surface area contributed by atoms with Gasteiger partial charge in [-0.2, -0.15) is 5.26 Å². The predicted octanol–water partition coefficient (Wildman–Crippen LogP) is -0.756. The van der Waals surface area contributed by atoms with Gasteiger partial charge in [0.25, 0.3) is 0 Å². The van der Waals surface area contributed by atoms with Crippen molar-refractivity contribution < 1.29 is 9.90 Å². The Morgan fingerprint density at radius 3 is 2.62 bits per heavy atom. The molecule has 0 saturated carbocycles. The van der Waals surface area contributed by atoms with Crippen molar-refractivity contribution in [2.24, 2.45) is 11.5 Å². The molecule has 0 rings (SSSR count). The fraction of sp³-hybridized carbons (Fsp3) is 0.750. The van der Waals surface area contributed by atoms with Gasteiger partial charge in [0.1, 0.15) is 0 Å². The van der Waals surface area contributed by atoms with E-state index in [4.69, 9.17) is 16.7 Å². The van der Waals surface area contributed by atoms with Crippen molar-refractivity contribution in [3.63, 3.8) is 0 Å². The smallest absolute Gasteiger partial charge is 0.220 e. The summed E-state index contributed by atoms with van der Waals surface area (Å²) in [4.78, 5) is 10.6. The lowest BCUT2D eigenvalue weighted by Crippen LogP contribution is -2.39. The van der Waals surface area contributed by atoms with Crippen LogP contribution < -0.4 is 11.5 Å². The quantitative estimate of drug-likeness (QED) is 0.522. The highest BCUT2D eigenvalue weighted by atomic mass is 16.3. The van der Waals surface area contributed by atoms with Crippen LogP contribution >= 0.6 is 0 Å². The molecule has 5 heteroatoms. The summed E-state index contributed by atoms with van der Waals surface area (Å²) in [6.45, 7) is 1.70.